The quantitative estimate of drug-likeness (QED) is 0.631. The Hall–Kier alpha value is -1.23. The molecule has 1 aromatic rings. The number of benzene rings is 1. The van der Waals surface area contributed by atoms with Crippen LogP contribution in [0.2, 0.25) is 0 Å². The standard InChI is InChI=1S/C11H12BrNO3/c1-7(8(2)14)5-9-3-4-10(12)6-11(9)13(15)16/h3-4,6-7H,5H2,1-2H3. The maximum absolute atomic E-state index is 11.1. The molecule has 0 fully saturated rings. The summed E-state index contributed by atoms with van der Waals surface area (Å²) in [5.74, 6) is -0.155. The second-order valence-electron chi connectivity index (χ2n) is 3.75. The van der Waals surface area contributed by atoms with Gasteiger partial charge in [0.2, 0.25) is 0 Å². The lowest BCUT2D eigenvalue weighted by Crippen LogP contribution is -2.10. The SMILES string of the molecule is CC(=O)C(C)Cc1ccc(Br)cc1[N+](=O)[O-]. The van der Waals surface area contributed by atoms with E-state index >= 15 is 0 Å². The van der Waals surface area contributed by atoms with E-state index in [2.05, 4.69) is 15.9 Å². The van der Waals surface area contributed by atoms with Crippen molar-refractivity contribution in [3.05, 3.63) is 38.3 Å². The van der Waals surface area contributed by atoms with Crippen molar-refractivity contribution in [3.63, 3.8) is 0 Å². The molecule has 0 saturated heterocycles. The molecule has 0 aromatic heterocycles. The zero-order chi connectivity index (χ0) is 12.3. The molecule has 5 heteroatoms. The van der Waals surface area contributed by atoms with Crippen molar-refractivity contribution in [3.8, 4) is 0 Å². The monoisotopic (exact) mass is 285 g/mol. The van der Waals surface area contributed by atoms with Gasteiger partial charge < -0.3 is 0 Å². The lowest BCUT2D eigenvalue weighted by molar-refractivity contribution is -0.385. The molecule has 0 amide bonds. The predicted molar refractivity (Wildman–Crippen MR) is 64.3 cm³/mol. The fourth-order valence-corrected chi connectivity index (χ4v) is 1.70. The Morgan fingerprint density at radius 1 is 1.56 bits per heavy atom. The van der Waals surface area contributed by atoms with E-state index in [0.29, 0.717) is 16.5 Å². The number of nitrogens with zero attached hydrogens (tertiary/aromatic N) is 1. The highest BCUT2D eigenvalue weighted by Gasteiger charge is 2.18. The van der Waals surface area contributed by atoms with Gasteiger partial charge in [0, 0.05) is 22.0 Å². The van der Waals surface area contributed by atoms with E-state index in [1.165, 1.54) is 13.0 Å². The van der Waals surface area contributed by atoms with Crippen molar-refractivity contribution in [2.75, 3.05) is 0 Å². The first-order valence-electron chi connectivity index (χ1n) is 4.85. The average Bonchev–Trinajstić information content (AvgIpc) is 2.20. The molecule has 16 heavy (non-hydrogen) atoms. The first-order valence-corrected chi connectivity index (χ1v) is 5.64. The molecule has 0 radical (unpaired) electrons. The van der Waals surface area contributed by atoms with Crippen LogP contribution in [0.25, 0.3) is 0 Å². The molecule has 0 spiro atoms. The first-order chi connectivity index (χ1) is 7.41. The van der Waals surface area contributed by atoms with Crippen molar-refractivity contribution in [2.45, 2.75) is 20.3 Å². The second-order valence-corrected chi connectivity index (χ2v) is 4.66. The molecular formula is C11H12BrNO3. The van der Waals surface area contributed by atoms with Crippen LogP contribution in [0.3, 0.4) is 0 Å². The minimum Gasteiger partial charge on any atom is -0.300 e. The summed E-state index contributed by atoms with van der Waals surface area (Å²) in [4.78, 5) is 21.5. The number of carbonyl (C=O) groups excluding carboxylic acids is 1. The number of hydrogen-bond donors (Lipinski definition) is 0. The number of halogens is 1. The van der Waals surface area contributed by atoms with Crippen molar-refractivity contribution in [1.82, 2.24) is 0 Å². The Kier molecular flexibility index (Phi) is 4.18. The summed E-state index contributed by atoms with van der Waals surface area (Å²) in [7, 11) is 0. The third-order valence-corrected chi connectivity index (χ3v) is 2.96. The molecule has 0 heterocycles. The highest BCUT2D eigenvalue weighted by Crippen LogP contribution is 2.25. The largest absolute Gasteiger partial charge is 0.300 e. The number of ketones is 1. The van der Waals surface area contributed by atoms with Gasteiger partial charge in [0.1, 0.15) is 5.78 Å². The fourth-order valence-electron chi connectivity index (χ4n) is 1.35. The molecule has 0 aliphatic carbocycles. The molecule has 1 rings (SSSR count). The molecule has 0 aliphatic heterocycles. The summed E-state index contributed by atoms with van der Waals surface area (Å²) in [6.07, 6.45) is 0.402. The van der Waals surface area contributed by atoms with Gasteiger partial charge >= 0.3 is 0 Å². The minimum absolute atomic E-state index is 0.0391. The van der Waals surface area contributed by atoms with Gasteiger partial charge in [-0.2, -0.15) is 0 Å². The maximum atomic E-state index is 11.1. The number of rotatable bonds is 4. The summed E-state index contributed by atoms with van der Waals surface area (Å²) in [5.41, 5.74) is 0.651. The van der Waals surface area contributed by atoms with Gasteiger partial charge in [0.15, 0.2) is 0 Å². The van der Waals surface area contributed by atoms with Crippen LogP contribution in [0.4, 0.5) is 5.69 Å². The van der Waals surface area contributed by atoms with Crippen LogP contribution in [0.5, 0.6) is 0 Å². The molecule has 1 unspecified atom stereocenters. The number of hydrogen-bond acceptors (Lipinski definition) is 3. The lowest BCUT2D eigenvalue weighted by Gasteiger charge is -2.08. The third-order valence-electron chi connectivity index (χ3n) is 2.46. The second kappa shape index (κ2) is 5.21. The van der Waals surface area contributed by atoms with E-state index in [9.17, 15) is 14.9 Å². The topological polar surface area (TPSA) is 60.2 Å². The highest BCUT2D eigenvalue weighted by atomic mass is 79.9. The molecule has 1 aromatic carbocycles. The van der Waals surface area contributed by atoms with Crippen molar-refractivity contribution in [2.24, 2.45) is 5.92 Å². The summed E-state index contributed by atoms with van der Waals surface area (Å²) >= 11 is 3.19. The summed E-state index contributed by atoms with van der Waals surface area (Å²) in [6.45, 7) is 3.27. The Morgan fingerprint density at radius 3 is 2.69 bits per heavy atom. The summed E-state index contributed by atoms with van der Waals surface area (Å²) in [6, 6.07) is 4.89. The molecule has 0 bridgehead atoms. The van der Waals surface area contributed by atoms with E-state index in [1.54, 1.807) is 19.1 Å². The fraction of sp³-hybridized carbons (Fsp3) is 0.364. The van der Waals surface area contributed by atoms with Crippen LogP contribution < -0.4 is 0 Å². The minimum atomic E-state index is -0.424. The Balaban J connectivity index is 3.04. The maximum Gasteiger partial charge on any atom is 0.273 e. The highest BCUT2D eigenvalue weighted by molar-refractivity contribution is 9.10. The Bertz CT molecular complexity index is 431. The molecule has 4 nitrogen and oxygen atoms in total. The van der Waals surface area contributed by atoms with Gasteiger partial charge in [0.05, 0.1) is 4.92 Å². The van der Waals surface area contributed by atoms with Crippen LogP contribution in [0, 0.1) is 16.0 Å². The van der Waals surface area contributed by atoms with Gasteiger partial charge in [-0.1, -0.05) is 28.9 Å². The van der Waals surface area contributed by atoms with E-state index in [4.69, 9.17) is 0 Å². The zero-order valence-electron chi connectivity index (χ0n) is 9.07. The predicted octanol–water partition coefficient (Wildman–Crippen LogP) is 3.12. The molecule has 0 saturated carbocycles. The first kappa shape index (κ1) is 12.8. The zero-order valence-corrected chi connectivity index (χ0v) is 10.7. The summed E-state index contributed by atoms with van der Waals surface area (Å²) in [5, 5.41) is 10.8. The normalized spacial score (nSPS) is 12.2. The van der Waals surface area contributed by atoms with E-state index < -0.39 is 4.92 Å². The molecule has 86 valence electrons. The van der Waals surface area contributed by atoms with E-state index in [1.807, 2.05) is 0 Å². The van der Waals surface area contributed by atoms with Crippen LogP contribution in [-0.4, -0.2) is 10.7 Å². The van der Waals surface area contributed by atoms with Crippen LogP contribution in [0.1, 0.15) is 19.4 Å². The van der Waals surface area contributed by atoms with Crippen molar-refractivity contribution < 1.29 is 9.72 Å². The van der Waals surface area contributed by atoms with Crippen LogP contribution in [0.15, 0.2) is 22.7 Å². The molecule has 0 N–H and O–H groups in total. The van der Waals surface area contributed by atoms with Gasteiger partial charge in [0.25, 0.3) is 5.69 Å². The lowest BCUT2D eigenvalue weighted by atomic mass is 9.97. The number of carbonyl (C=O) groups is 1. The van der Waals surface area contributed by atoms with Crippen LogP contribution >= 0.6 is 15.9 Å². The third kappa shape index (κ3) is 3.13. The van der Waals surface area contributed by atoms with Crippen molar-refractivity contribution in [1.29, 1.82) is 0 Å². The number of Topliss-reactive ketones (excluding diaryl/α,β-unsaturated/α-hetero) is 1. The van der Waals surface area contributed by atoms with E-state index in [0.717, 1.165) is 0 Å². The molecular weight excluding hydrogens is 274 g/mol. The van der Waals surface area contributed by atoms with Gasteiger partial charge in [-0.15, -0.1) is 0 Å². The Labute approximate surface area is 102 Å². The van der Waals surface area contributed by atoms with Crippen LogP contribution in [-0.2, 0) is 11.2 Å². The molecule has 0 aliphatic rings. The Morgan fingerprint density at radius 2 is 2.19 bits per heavy atom. The van der Waals surface area contributed by atoms with Gasteiger partial charge in [-0.25, -0.2) is 0 Å². The smallest absolute Gasteiger partial charge is 0.273 e. The van der Waals surface area contributed by atoms with Crippen molar-refractivity contribution >= 4 is 27.4 Å². The average molecular weight is 286 g/mol. The number of nitro groups is 1. The summed E-state index contributed by atoms with van der Waals surface area (Å²) < 4.78 is 0.665. The number of nitro benzene ring substituents is 1. The molecule has 1 atom stereocenters. The van der Waals surface area contributed by atoms with E-state index in [-0.39, 0.29) is 17.4 Å². The van der Waals surface area contributed by atoms with Gasteiger partial charge in [-0.05, 0) is 19.4 Å². The van der Waals surface area contributed by atoms with Gasteiger partial charge in [-0.3, -0.25) is 14.9 Å².